The molecule has 0 saturated heterocycles. The highest BCUT2D eigenvalue weighted by Crippen LogP contribution is 2.30. The number of carbonyl (C=O) groups excluding carboxylic acids is 1. The summed E-state index contributed by atoms with van der Waals surface area (Å²) in [6.45, 7) is 2.59. The van der Waals surface area contributed by atoms with E-state index in [-0.39, 0.29) is 5.91 Å². The summed E-state index contributed by atoms with van der Waals surface area (Å²) >= 11 is 13.8. The van der Waals surface area contributed by atoms with E-state index in [4.69, 9.17) is 32.7 Å². The molecule has 0 N–H and O–H groups in total. The van der Waals surface area contributed by atoms with Gasteiger partial charge in [-0.2, -0.15) is 4.99 Å². The van der Waals surface area contributed by atoms with Crippen molar-refractivity contribution < 1.29 is 14.3 Å². The normalized spacial score (nSPS) is 11.8. The van der Waals surface area contributed by atoms with Gasteiger partial charge in [-0.1, -0.05) is 34.5 Å². The lowest BCUT2D eigenvalue weighted by Crippen LogP contribution is -2.16. The summed E-state index contributed by atoms with van der Waals surface area (Å²) < 4.78 is 13.2. The van der Waals surface area contributed by atoms with E-state index in [0.717, 1.165) is 10.2 Å². The number of hydrogen-bond donors (Lipinski definition) is 0. The average Bonchev–Trinajstić information content (AvgIpc) is 2.97. The van der Waals surface area contributed by atoms with Gasteiger partial charge in [0.1, 0.15) is 0 Å². The third-order valence-corrected chi connectivity index (χ3v) is 5.37. The van der Waals surface area contributed by atoms with Crippen LogP contribution in [0, 0.1) is 0 Å². The number of benzene rings is 2. The van der Waals surface area contributed by atoms with Crippen molar-refractivity contribution in [3.05, 3.63) is 50.7 Å². The van der Waals surface area contributed by atoms with Crippen molar-refractivity contribution in [1.82, 2.24) is 4.57 Å². The third kappa shape index (κ3) is 3.45. The standard InChI is InChI=1S/C18H16Cl2N2O3S/c1-4-22-16-12(20)8-11(19)9-15(16)26-18(22)21-17(23)10-5-6-13(24-2)14(7-10)25-3/h5-9H,4H2,1-3H3. The van der Waals surface area contributed by atoms with Crippen LogP contribution in [0.2, 0.25) is 10.0 Å². The zero-order valence-electron chi connectivity index (χ0n) is 14.4. The van der Waals surface area contributed by atoms with E-state index < -0.39 is 0 Å². The number of methoxy groups -OCH3 is 2. The second-order valence-corrected chi connectivity index (χ2v) is 7.20. The quantitative estimate of drug-likeness (QED) is 0.621. The fourth-order valence-corrected chi connectivity index (χ4v) is 4.50. The van der Waals surface area contributed by atoms with Gasteiger partial charge >= 0.3 is 0 Å². The lowest BCUT2D eigenvalue weighted by molar-refractivity contribution is 0.0997. The molecule has 0 radical (unpaired) electrons. The van der Waals surface area contributed by atoms with Gasteiger partial charge in [0.25, 0.3) is 5.91 Å². The van der Waals surface area contributed by atoms with Crippen LogP contribution in [0.25, 0.3) is 10.2 Å². The van der Waals surface area contributed by atoms with Crippen molar-refractivity contribution in [2.75, 3.05) is 14.2 Å². The Morgan fingerprint density at radius 3 is 2.54 bits per heavy atom. The Labute approximate surface area is 164 Å². The number of aryl methyl sites for hydroxylation is 1. The van der Waals surface area contributed by atoms with E-state index in [1.54, 1.807) is 31.4 Å². The fourth-order valence-electron chi connectivity index (χ4n) is 2.63. The maximum atomic E-state index is 12.6. The zero-order valence-corrected chi connectivity index (χ0v) is 16.7. The molecule has 3 rings (SSSR count). The van der Waals surface area contributed by atoms with Gasteiger partial charge < -0.3 is 14.0 Å². The summed E-state index contributed by atoms with van der Waals surface area (Å²) in [7, 11) is 3.06. The second kappa shape index (κ2) is 7.70. The number of hydrogen-bond acceptors (Lipinski definition) is 4. The predicted molar refractivity (Wildman–Crippen MR) is 105 cm³/mol. The van der Waals surface area contributed by atoms with Crippen LogP contribution in [0.4, 0.5) is 0 Å². The molecule has 0 bridgehead atoms. The van der Waals surface area contributed by atoms with Gasteiger partial charge in [0, 0.05) is 17.1 Å². The second-order valence-electron chi connectivity index (χ2n) is 5.35. The third-order valence-electron chi connectivity index (χ3n) is 3.84. The number of halogens is 2. The van der Waals surface area contributed by atoms with Crippen LogP contribution in [-0.2, 0) is 6.54 Å². The van der Waals surface area contributed by atoms with Crippen LogP contribution in [0.1, 0.15) is 17.3 Å². The molecule has 0 unspecified atom stereocenters. The Hall–Kier alpha value is -2.02. The highest BCUT2D eigenvalue weighted by Gasteiger charge is 2.13. The van der Waals surface area contributed by atoms with Crippen LogP contribution in [0.5, 0.6) is 11.5 Å². The zero-order chi connectivity index (χ0) is 18.8. The predicted octanol–water partition coefficient (Wildman–Crippen LogP) is 4.79. The number of thiazole rings is 1. The molecule has 0 fully saturated rings. The van der Waals surface area contributed by atoms with Crippen molar-refractivity contribution in [1.29, 1.82) is 0 Å². The molecule has 1 aromatic heterocycles. The summed E-state index contributed by atoms with van der Waals surface area (Å²) in [5, 5.41) is 1.08. The van der Waals surface area contributed by atoms with Gasteiger partial charge in [-0.15, -0.1) is 0 Å². The summed E-state index contributed by atoms with van der Waals surface area (Å²) in [4.78, 5) is 17.5. The van der Waals surface area contributed by atoms with Gasteiger partial charge in [0.15, 0.2) is 16.3 Å². The summed E-state index contributed by atoms with van der Waals surface area (Å²) in [5.74, 6) is 0.654. The van der Waals surface area contributed by atoms with E-state index in [0.29, 0.717) is 38.5 Å². The average molecular weight is 411 g/mol. The lowest BCUT2D eigenvalue weighted by Gasteiger charge is -2.07. The lowest BCUT2D eigenvalue weighted by atomic mass is 10.2. The maximum absolute atomic E-state index is 12.6. The molecule has 136 valence electrons. The van der Waals surface area contributed by atoms with Gasteiger partial charge in [-0.05, 0) is 37.3 Å². The molecular formula is C18H16Cl2N2O3S. The molecule has 0 aliphatic heterocycles. The molecule has 26 heavy (non-hydrogen) atoms. The first-order valence-corrected chi connectivity index (χ1v) is 9.35. The maximum Gasteiger partial charge on any atom is 0.279 e. The minimum atomic E-state index is -0.373. The molecule has 3 aromatic rings. The van der Waals surface area contributed by atoms with Crippen LogP contribution in [0.3, 0.4) is 0 Å². The molecule has 0 atom stereocenters. The molecule has 8 heteroatoms. The number of carbonyl (C=O) groups is 1. The number of fused-ring (bicyclic) bond motifs is 1. The largest absolute Gasteiger partial charge is 0.493 e. The van der Waals surface area contributed by atoms with Crippen LogP contribution in [-0.4, -0.2) is 24.7 Å². The number of aromatic nitrogens is 1. The minimum absolute atomic E-state index is 0.373. The molecule has 1 heterocycles. The first kappa shape index (κ1) is 18.8. The summed E-state index contributed by atoms with van der Waals surface area (Å²) in [6.07, 6.45) is 0. The van der Waals surface area contributed by atoms with Gasteiger partial charge in [-0.25, -0.2) is 0 Å². The van der Waals surface area contributed by atoms with Crippen molar-refractivity contribution in [3.8, 4) is 11.5 Å². The van der Waals surface area contributed by atoms with Gasteiger partial charge in [0.2, 0.25) is 0 Å². The monoisotopic (exact) mass is 410 g/mol. The number of amides is 1. The Morgan fingerprint density at radius 1 is 1.15 bits per heavy atom. The fraction of sp³-hybridized carbons (Fsp3) is 0.222. The highest BCUT2D eigenvalue weighted by molar-refractivity contribution is 7.16. The van der Waals surface area contributed by atoms with Gasteiger partial charge in [-0.3, -0.25) is 4.79 Å². The van der Waals surface area contributed by atoms with E-state index in [1.807, 2.05) is 17.6 Å². The molecule has 0 spiro atoms. The molecular weight excluding hydrogens is 395 g/mol. The number of ether oxygens (including phenoxy) is 2. The van der Waals surface area contributed by atoms with Crippen molar-refractivity contribution >= 4 is 50.7 Å². The molecule has 5 nitrogen and oxygen atoms in total. The van der Waals surface area contributed by atoms with Crippen LogP contribution < -0.4 is 14.3 Å². The molecule has 1 amide bonds. The van der Waals surface area contributed by atoms with Crippen molar-refractivity contribution in [2.45, 2.75) is 13.5 Å². The minimum Gasteiger partial charge on any atom is -0.493 e. The number of rotatable bonds is 4. The van der Waals surface area contributed by atoms with Crippen molar-refractivity contribution in [2.24, 2.45) is 4.99 Å². The SMILES string of the molecule is CCn1c(=NC(=O)c2ccc(OC)c(OC)c2)sc2cc(Cl)cc(Cl)c21. The Kier molecular flexibility index (Phi) is 5.55. The first-order chi connectivity index (χ1) is 12.5. The molecule has 2 aromatic carbocycles. The van der Waals surface area contributed by atoms with Crippen LogP contribution >= 0.6 is 34.5 Å². The highest BCUT2D eigenvalue weighted by atomic mass is 35.5. The summed E-state index contributed by atoms with van der Waals surface area (Å²) in [5.41, 5.74) is 1.23. The Morgan fingerprint density at radius 2 is 1.88 bits per heavy atom. The van der Waals surface area contributed by atoms with Crippen molar-refractivity contribution in [3.63, 3.8) is 0 Å². The first-order valence-electron chi connectivity index (χ1n) is 7.78. The molecule has 0 saturated carbocycles. The van der Waals surface area contributed by atoms with Gasteiger partial charge in [0.05, 0.1) is 29.5 Å². The van der Waals surface area contributed by atoms with E-state index >= 15 is 0 Å². The number of nitrogens with zero attached hydrogens (tertiary/aromatic N) is 2. The topological polar surface area (TPSA) is 52.8 Å². The Bertz CT molecular complexity index is 1060. The summed E-state index contributed by atoms with van der Waals surface area (Å²) in [6, 6.07) is 8.44. The van der Waals surface area contributed by atoms with E-state index in [9.17, 15) is 4.79 Å². The smallest absolute Gasteiger partial charge is 0.279 e. The Balaban J connectivity index is 2.13. The molecule has 0 aliphatic rings. The van der Waals surface area contributed by atoms with E-state index in [1.165, 1.54) is 18.4 Å². The van der Waals surface area contributed by atoms with E-state index in [2.05, 4.69) is 4.99 Å². The molecule has 0 aliphatic carbocycles. The van der Waals surface area contributed by atoms with Crippen LogP contribution in [0.15, 0.2) is 35.3 Å².